The first-order valence-electron chi connectivity index (χ1n) is 8.11. The molecule has 0 bridgehead atoms. The van der Waals surface area contributed by atoms with Gasteiger partial charge in [0.15, 0.2) is 5.69 Å². The van der Waals surface area contributed by atoms with Crippen LogP contribution in [0, 0.1) is 6.92 Å². The van der Waals surface area contributed by atoms with Crippen LogP contribution in [0.3, 0.4) is 0 Å². The lowest BCUT2D eigenvalue weighted by molar-refractivity contribution is 0.0656. The van der Waals surface area contributed by atoms with Crippen LogP contribution in [-0.2, 0) is 0 Å². The van der Waals surface area contributed by atoms with Crippen molar-refractivity contribution in [2.45, 2.75) is 25.8 Å². The van der Waals surface area contributed by atoms with Gasteiger partial charge in [0.1, 0.15) is 0 Å². The van der Waals surface area contributed by atoms with Crippen LogP contribution in [0.25, 0.3) is 5.69 Å². The van der Waals surface area contributed by atoms with Crippen LogP contribution in [-0.4, -0.2) is 63.9 Å². The summed E-state index contributed by atoms with van der Waals surface area (Å²) in [5, 5.41) is 9.38. The van der Waals surface area contributed by atoms with Gasteiger partial charge in [-0.15, -0.1) is 5.10 Å². The predicted molar refractivity (Wildman–Crippen MR) is 93.7 cm³/mol. The molecule has 1 aromatic heterocycles. The molecule has 1 saturated heterocycles. The Morgan fingerprint density at radius 1 is 1.25 bits per heavy atom. The SMILES string of the molecule is Cc1nn(-c2cccc(Cl)c2)nc1C(=O)N1CCC(N(C)C)CC1. The first-order valence-corrected chi connectivity index (χ1v) is 8.49. The van der Waals surface area contributed by atoms with Gasteiger partial charge in [0, 0.05) is 24.2 Å². The van der Waals surface area contributed by atoms with Gasteiger partial charge in [0.25, 0.3) is 5.91 Å². The highest BCUT2D eigenvalue weighted by molar-refractivity contribution is 6.30. The molecule has 6 nitrogen and oxygen atoms in total. The Morgan fingerprint density at radius 2 is 1.96 bits per heavy atom. The molecule has 2 aromatic rings. The molecule has 128 valence electrons. The zero-order valence-corrected chi connectivity index (χ0v) is 15.0. The molecule has 2 heterocycles. The van der Waals surface area contributed by atoms with Crippen molar-refractivity contribution in [1.82, 2.24) is 24.8 Å². The van der Waals surface area contributed by atoms with Crippen LogP contribution >= 0.6 is 11.6 Å². The van der Waals surface area contributed by atoms with Gasteiger partial charge in [-0.3, -0.25) is 4.79 Å². The van der Waals surface area contributed by atoms with Crippen LogP contribution in [0.1, 0.15) is 29.0 Å². The monoisotopic (exact) mass is 347 g/mol. The van der Waals surface area contributed by atoms with Crippen LogP contribution in [0.2, 0.25) is 5.02 Å². The normalized spacial score (nSPS) is 16.0. The molecule has 0 N–H and O–H groups in total. The van der Waals surface area contributed by atoms with E-state index in [-0.39, 0.29) is 5.91 Å². The van der Waals surface area contributed by atoms with Gasteiger partial charge in [-0.2, -0.15) is 9.90 Å². The molecular weight excluding hydrogens is 326 g/mol. The average Bonchev–Trinajstić information content (AvgIpc) is 2.96. The number of nitrogens with zero attached hydrogens (tertiary/aromatic N) is 5. The Bertz CT molecular complexity index is 734. The average molecular weight is 348 g/mol. The van der Waals surface area contributed by atoms with Gasteiger partial charge in [0.2, 0.25) is 0 Å². The van der Waals surface area contributed by atoms with Crippen LogP contribution in [0.5, 0.6) is 0 Å². The van der Waals surface area contributed by atoms with E-state index in [1.807, 2.05) is 24.0 Å². The van der Waals surface area contributed by atoms with E-state index >= 15 is 0 Å². The summed E-state index contributed by atoms with van der Waals surface area (Å²) in [4.78, 5) is 18.4. The maximum absolute atomic E-state index is 12.8. The highest BCUT2D eigenvalue weighted by atomic mass is 35.5. The molecule has 1 aliphatic heterocycles. The van der Waals surface area contributed by atoms with E-state index in [0.717, 1.165) is 31.6 Å². The number of likely N-dealkylation sites (tertiary alicyclic amines) is 1. The standard InChI is InChI=1S/C17H22ClN5O/c1-12-16(17(24)22-9-7-14(8-10-22)21(2)3)20-23(19-12)15-6-4-5-13(18)11-15/h4-6,11,14H,7-10H2,1-3H3. The van der Waals surface area contributed by atoms with Crippen molar-refractivity contribution >= 4 is 17.5 Å². The van der Waals surface area contributed by atoms with Crippen molar-refractivity contribution in [3.05, 3.63) is 40.7 Å². The summed E-state index contributed by atoms with van der Waals surface area (Å²) in [6.45, 7) is 3.32. The number of rotatable bonds is 3. The molecule has 1 fully saturated rings. The predicted octanol–water partition coefficient (Wildman–Crippen LogP) is 2.40. The number of amides is 1. The number of hydrogen-bond donors (Lipinski definition) is 0. The molecule has 24 heavy (non-hydrogen) atoms. The number of aromatic nitrogens is 3. The van der Waals surface area contributed by atoms with E-state index in [1.54, 1.807) is 12.1 Å². The Labute approximate surface area is 147 Å². The van der Waals surface area contributed by atoms with Gasteiger partial charge < -0.3 is 9.80 Å². The summed E-state index contributed by atoms with van der Waals surface area (Å²) >= 11 is 6.02. The first kappa shape index (κ1) is 16.9. The van der Waals surface area contributed by atoms with E-state index in [0.29, 0.717) is 22.5 Å². The second-order valence-electron chi connectivity index (χ2n) is 6.39. The molecule has 0 atom stereocenters. The minimum atomic E-state index is -0.0435. The molecule has 0 radical (unpaired) electrons. The number of hydrogen-bond acceptors (Lipinski definition) is 4. The molecule has 0 saturated carbocycles. The highest BCUT2D eigenvalue weighted by Gasteiger charge is 2.27. The number of carbonyl (C=O) groups is 1. The smallest absolute Gasteiger partial charge is 0.276 e. The molecular formula is C17H22ClN5O. The summed E-state index contributed by atoms with van der Waals surface area (Å²) in [5.74, 6) is -0.0435. The second kappa shape index (κ2) is 6.91. The number of piperidine rings is 1. The van der Waals surface area contributed by atoms with Crippen molar-refractivity contribution in [3.63, 3.8) is 0 Å². The highest BCUT2D eigenvalue weighted by Crippen LogP contribution is 2.18. The zero-order chi connectivity index (χ0) is 17.3. The lowest BCUT2D eigenvalue weighted by Crippen LogP contribution is -2.44. The summed E-state index contributed by atoms with van der Waals surface area (Å²) in [6.07, 6.45) is 1.97. The van der Waals surface area contributed by atoms with Gasteiger partial charge >= 0.3 is 0 Å². The Kier molecular flexibility index (Phi) is 4.87. The summed E-state index contributed by atoms with van der Waals surface area (Å²) in [7, 11) is 4.17. The fourth-order valence-electron chi connectivity index (χ4n) is 3.03. The molecule has 0 spiro atoms. The van der Waals surface area contributed by atoms with E-state index in [4.69, 9.17) is 11.6 Å². The number of halogens is 1. The van der Waals surface area contributed by atoms with Gasteiger partial charge in [0.05, 0.1) is 11.4 Å². The van der Waals surface area contributed by atoms with Crippen molar-refractivity contribution in [2.24, 2.45) is 0 Å². The molecule has 0 aliphatic carbocycles. The van der Waals surface area contributed by atoms with Gasteiger partial charge in [-0.05, 0) is 52.1 Å². The minimum Gasteiger partial charge on any atom is -0.337 e. The fraction of sp³-hybridized carbons (Fsp3) is 0.471. The quantitative estimate of drug-likeness (QED) is 0.855. The maximum Gasteiger partial charge on any atom is 0.276 e. The second-order valence-corrected chi connectivity index (χ2v) is 6.83. The fourth-order valence-corrected chi connectivity index (χ4v) is 3.21. The lowest BCUT2D eigenvalue weighted by atomic mass is 10.0. The Balaban J connectivity index is 1.77. The molecule has 0 unspecified atom stereocenters. The summed E-state index contributed by atoms with van der Waals surface area (Å²) < 4.78 is 0. The van der Waals surface area contributed by atoms with E-state index < -0.39 is 0 Å². The molecule has 1 aliphatic rings. The largest absolute Gasteiger partial charge is 0.337 e. The van der Waals surface area contributed by atoms with Gasteiger partial charge in [-0.25, -0.2) is 0 Å². The topological polar surface area (TPSA) is 54.3 Å². The van der Waals surface area contributed by atoms with Crippen LogP contribution in [0.4, 0.5) is 0 Å². The minimum absolute atomic E-state index is 0.0435. The summed E-state index contributed by atoms with van der Waals surface area (Å²) in [6, 6.07) is 7.81. The Morgan fingerprint density at radius 3 is 2.58 bits per heavy atom. The number of carbonyl (C=O) groups excluding carboxylic acids is 1. The molecule has 7 heteroatoms. The molecule has 1 amide bonds. The van der Waals surface area contributed by atoms with Crippen molar-refractivity contribution in [2.75, 3.05) is 27.2 Å². The van der Waals surface area contributed by atoms with Crippen molar-refractivity contribution < 1.29 is 4.79 Å². The van der Waals surface area contributed by atoms with Gasteiger partial charge in [-0.1, -0.05) is 17.7 Å². The van der Waals surface area contributed by atoms with Crippen LogP contribution in [0.15, 0.2) is 24.3 Å². The Hall–Kier alpha value is -1.92. The third-order valence-electron chi connectivity index (χ3n) is 4.51. The third-order valence-corrected chi connectivity index (χ3v) is 4.74. The van der Waals surface area contributed by atoms with Crippen LogP contribution < -0.4 is 0 Å². The van der Waals surface area contributed by atoms with Crippen molar-refractivity contribution in [1.29, 1.82) is 0 Å². The lowest BCUT2D eigenvalue weighted by Gasteiger charge is -2.34. The first-order chi connectivity index (χ1) is 11.5. The number of benzene rings is 1. The zero-order valence-electron chi connectivity index (χ0n) is 14.2. The van der Waals surface area contributed by atoms with Crippen molar-refractivity contribution in [3.8, 4) is 5.69 Å². The van der Waals surface area contributed by atoms with E-state index in [1.165, 1.54) is 4.80 Å². The molecule has 3 rings (SSSR count). The number of aryl methyl sites for hydroxylation is 1. The van der Waals surface area contributed by atoms with E-state index in [2.05, 4.69) is 29.2 Å². The maximum atomic E-state index is 12.8. The molecule has 1 aromatic carbocycles. The summed E-state index contributed by atoms with van der Waals surface area (Å²) in [5.41, 5.74) is 1.80. The van der Waals surface area contributed by atoms with E-state index in [9.17, 15) is 4.79 Å². The third kappa shape index (κ3) is 3.44.